The summed E-state index contributed by atoms with van der Waals surface area (Å²) in [6, 6.07) is 0. The topological polar surface area (TPSA) is 276 Å². The number of nitrogens with zero attached hydrogens (tertiary/aromatic N) is 4. The number of rotatable bonds is 12. The number of aliphatic hydroxyl groups is 1. The van der Waals surface area contributed by atoms with Crippen LogP contribution in [0.15, 0.2) is 16.1 Å². The number of phosphoric acid groups is 3. The smallest absolute Gasteiger partial charge is 0.390 e. The first-order valence-electron chi connectivity index (χ1n) is 7.68. The fourth-order valence-corrected chi connectivity index (χ4v) is 5.05. The third-order valence-corrected chi connectivity index (χ3v) is 7.26. The lowest BCUT2D eigenvalue weighted by atomic mass is 10.1. The SMILES string of the molecule is C[C@@H](O)[C@](COP(=O)(O)OP(=O)(O)OP(=O)(O)O)(N=[N+]=[N-])O[C@H](F)n1cc(F)c(=O)[nH]c1=S. The van der Waals surface area contributed by atoms with Gasteiger partial charge in [0.25, 0.3) is 12.0 Å². The Kier molecular flexibility index (Phi) is 9.79. The van der Waals surface area contributed by atoms with Gasteiger partial charge in [0.1, 0.15) is 0 Å². The summed E-state index contributed by atoms with van der Waals surface area (Å²) < 4.78 is 77.1. The summed E-state index contributed by atoms with van der Waals surface area (Å²) in [5, 5.41) is 12.8. The van der Waals surface area contributed by atoms with Crippen LogP contribution in [0.1, 0.15) is 13.4 Å². The molecule has 0 saturated heterocycles. The van der Waals surface area contributed by atoms with Gasteiger partial charge in [0.2, 0.25) is 11.5 Å². The molecule has 2 unspecified atom stereocenters. The second kappa shape index (κ2) is 10.9. The molecule has 1 aromatic heterocycles. The van der Waals surface area contributed by atoms with Crippen molar-refractivity contribution in [2.75, 3.05) is 6.61 Å². The van der Waals surface area contributed by atoms with E-state index in [-0.39, 0.29) is 10.8 Å². The number of nitrogens with one attached hydrogen (secondary N) is 1. The zero-order chi connectivity index (χ0) is 25.8. The number of H-pyrrole nitrogens is 1. The van der Waals surface area contributed by atoms with Crippen LogP contribution in [-0.2, 0) is 31.6 Å². The van der Waals surface area contributed by atoms with Gasteiger partial charge in [0, 0.05) is 4.91 Å². The molecule has 0 spiro atoms. The van der Waals surface area contributed by atoms with Crippen molar-refractivity contribution in [1.82, 2.24) is 9.55 Å². The van der Waals surface area contributed by atoms with E-state index < -0.39 is 64.5 Å². The number of aliphatic hydroxyl groups excluding tert-OH is 1. The molecule has 0 amide bonds. The van der Waals surface area contributed by atoms with E-state index in [9.17, 15) is 37.3 Å². The van der Waals surface area contributed by atoms with Crippen LogP contribution < -0.4 is 5.56 Å². The van der Waals surface area contributed by atoms with E-state index in [1.807, 2.05) is 0 Å². The molecule has 1 heterocycles. The molecular formula is C9H14F2N5O13P3S. The van der Waals surface area contributed by atoms with Gasteiger partial charge in [-0.3, -0.25) is 18.9 Å². The fraction of sp³-hybridized carbons (Fsp3) is 0.556. The molecule has 6 N–H and O–H groups in total. The van der Waals surface area contributed by atoms with Gasteiger partial charge in [0.05, 0.1) is 18.9 Å². The molecule has 1 rings (SSSR count). The van der Waals surface area contributed by atoms with Crippen molar-refractivity contribution >= 4 is 35.7 Å². The van der Waals surface area contributed by atoms with E-state index >= 15 is 0 Å². The van der Waals surface area contributed by atoms with Crippen LogP contribution in [0.5, 0.6) is 0 Å². The summed E-state index contributed by atoms with van der Waals surface area (Å²) >= 11 is 4.60. The van der Waals surface area contributed by atoms with Crippen LogP contribution in [0.25, 0.3) is 10.4 Å². The van der Waals surface area contributed by atoms with Crippen LogP contribution in [-0.4, -0.2) is 52.7 Å². The summed E-state index contributed by atoms with van der Waals surface area (Å²) in [7, 11) is -17.4. The largest absolute Gasteiger partial charge is 0.490 e. The molecule has 5 atom stereocenters. The predicted molar refractivity (Wildman–Crippen MR) is 100 cm³/mol. The van der Waals surface area contributed by atoms with Gasteiger partial charge in [-0.2, -0.15) is 17.4 Å². The highest BCUT2D eigenvalue weighted by atomic mass is 32.1. The number of hydrogen-bond donors (Lipinski definition) is 6. The Morgan fingerprint density at radius 1 is 1.30 bits per heavy atom. The molecule has 0 aliphatic heterocycles. The molecule has 0 aromatic carbocycles. The molecule has 0 aliphatic carbocycles. The summed E-state index contributed by atoms with van der Waals surface area (Å²) in [5.74, 6) is -1.53. The minimum absolute atomic E-state index is 0.140. The summed E-state index contributed by atoms with van der Waals surface area (Å²) in [6.45, 7) is -3.75. The van der Waals surface area contributed by atoms with E-state index in [4.69, 9.17) is 20.2 Å². The van der Waals surface area contributed by atoms with Crippen molar-refractivity contribution in [3.63, 3.8) is 0 Å². The molecule has 33 heavy (non-hydrogen) atoms. The number of aromatic nitrogens is 2. The highest BCUT2D eigenvalue weighted by Crippen LogP contribution is 2.66. The van der Waals surface area contributed by atoms with Gasteiger partial charge in [0.15, 0.2) is 4.77 Å². The number of halogens is 2. The van der Waals surface area contributed by atoms with Crippen molar-refractivity contribution in [1.29, 1.82) is 0 Å². The predicted octanol–water partition coefficient (Wildman–Crippen LogP) is 1.22. The van der Waals surface area contributed by atoms with Gasteiger partial charge in [-0.15, -0.1) is 0 Å². The Morgan fingerprint density at radius 3 is 2.36 bits per heavy atom. The lowest BCUT2D eigenvalue weighted by Crippen LogP contribution is -2.46. The van der Waals surface area contributed by atoms with E-state index in [2.05, 4.69) is 40.1 Å². The monoisotopic (exact) mass is 563 g/mol. The lowest BCUT2D eigenvalue weighted by Gasteiger charge is -2.33. The maximum atomic E-state index is 14.6. The van der Waals surface area contributed by atoms with E-state index in [1.165, 1.54) is 0 Å². The van der Waals surface area contributed by atoms with Gasteiger partial charge in [-0.25, -0.2) is 13.7 Å². The number of ether oxygens (including phenoxy) is 1. The third kappa shape index (κ3) is 9.05. The lowest BCUT2D eigenvalue weighted by molar-refractivity contribution is -0.229. The number of alkyl halides is 1. The number of aromatic amines is 1. The van der Waals surface area contributed by atoms with Crippen molar-refractivity contribution in [3.05, 3.63) is 37.6 Å². The minimum Gasteiger partial charge on any atom is -0.390 e. The number of phosphoric ester groups is 1. The normalized spacial score (nSPS) is 19.4. The molecule has 0 fully saturated rings. The molecule has 0 bridgehead atoms. The third-order valence-electron chi connectivity index (χ3n) is 3.16. The van der Waals surface area contributed by atoms with E-state index in [0.29, 0.717) is 0 Å². The summed E-state index contributed by atoms with van der Waals surface area (Å²) in [4.78, 5) is 50.7. The van der Waals surface area contributed by atoms with Crippen molar-refractivity contribution in [2.45, 2.75) is 25.2 Å². The first-order chi connectivity index (χ1) is 14.8. The molecule has 0 saturated carbocycles. The zero-order valence-electron chi connectivity index (χ0n) is 15.7. The van der Waals surface area contributed by atoms with Gasteiger partial charge in [-0.05, 0) is 24.7 Å². The van der Waals surface area contributed by atoms with Crippen molar-refractivity contribution in [3.8, 4) is 0 Å². The second-order valence-corrected chi connectivity index (χ2v) is 10.4. The molecular weight excluding hydrogens is 549 g/mol. The van der Waals surface area contributed by atoms with Gasteiger partial charge in [-0.1, -0.05) is 5.11 Å². The highest BCUT2D eigenvalue weighted by Gasteiger charge is 2.45. The molecule has 18 nitrogen and oxygen atoms in total. The standard InChI is InChI=1S/C9H14F2N5O13P3S/c1-4(17)9(14-15-12,27-7(11)16-2-5(10)6(18)13-8(16)33)3-26-31(22,23)29-32(24,25)28-30(19,20)21/h2,4,7,17H,3H2,1H3,(H,22,23)(H,24,25)(H,13,18,33)(H2,19,20,21)/t4-,7-,9-/m1/s1. The van der Waals surface area contributed by atoms with Crippen LogP contribution in [0.2, 0.25) is 0 Å². The Hall–Kier alpha value is -1.40. The zero-order valence-corrected chi connectivity index (χ0v) is 19.2. The first-order valence-corrected chi connectivity index (χ1v) is 12.6. The van der Waals surface area contributed by atoms with Crippen molar-refractivity contribution in [2.24, 2.45) is 5.11 Å². The molecule has 24 heteroatoms. The Labute approximate surface area is 185 Å². The average Bonchev–Trinajstić information content (AvgIpc) is 2.59. The van der Waals surface area contributed by atoms with Gasteiger partial charge >= 0.3 is 23.5 Å². The number of hydrogen-bond acceptors (Lipinski definition) is 11. The fourth-order valence-electron chi connectivity index (χ4n) is 1.78. The molecule has 1 aromatic rings. The molecule has 188 valence electrons. The summed E-state index contributed by atoms with van der Waals surface area (Å²) in [6.07, 6.45) is -1.85. The Balaban J connectivity index is 3.22. The number of azide groups is 1. The molecule has 0 aliphatic rings. The summed E-state index contributed by atoms with van der Waals surface area (Å²) in [5.41, 5.74) is 4.42. The van der Waals surface area contributed by atoms with Crippen LogP contribution >= 0.6 is 35.7 Å². The van der Waals surface area contributed by atoms with E-state index in [1.54, 1.807) is 4.98 Å². The van der Waals surface area contributed by atoms with Gasteiger partial charge < -0.3 is 29.4 Å². The average molecular weight is 563 g/mol. The van der Waals surface area contributed by atoms with E-state index in [0.717, 1.165) is 6.92 Å². The van der Waals surface area contributed by atoms with Crippen LogP contribution in [0.4, 0.5) is 8.78 Å². The second-order valence-electron chi connectivity index (χ2n) is 5.63. The Morgan fingerprint density at radius 2 is 1.88 bits per heavy atom. The first kappa shape index (κ1) is 29.6. The molecule has 0 radical (unpaired) electrons. The van der Waals surface area contributed by atoms with Crippen molar-refractivity contribution < 1.29 is 65.0 Å². The Bertz CT molecular complexity index is 1180. The quantitative estimate of drug-likeness (QED) is 0.0686. The maximum Gasteiger partial charge on any atom is 0.490 e. The van der Waals surface area contributed by atoms with Crippen LogP contribution in [0, 0.1) is 10.6 Å². The maximum absolute atomic E-state index is 14.6. The van der Waals surface area contributed by atoms with Crippen LogP contribution in [0.3, 0.4) is 0 Å². The minimum atomic E-state index is -5.92. The highest BCUT2D eigenvalue weighted by molar-refractivity contribution is 7.71.